The monoisotopic (exact) mass is 250 g/mol. The van der Waals surface area contributed by atoms with Crippen LogP contribution in [0.1, 0.15) is 69.8 Å². The van der Waals surface area contributed by atoms with Gasteiger partial charge in [0.1, 0.15) is 0 Å². The van der Waals surface area contributed by atoms with Crippen molar-refractivity contribution in [3.8, 4) is 0 Å². The highest BCUT2D eigenvalue weighted by molar-refractivity contribution is 5.17. The summed E-state index contributed by atoms with van der Waals surface area (Å²) in [6, 6.07) is 0.429. The minimum Gasteiger partial charge on any atom is -0.314 e. The Morgan fingerprint density at radius 1 is 1.28 bits per heavy atom. The van der Waals surface area contributed by atoms with Crippen molar-refractivity contribution in [2.24, 2.45) is 5.92 Å². The van der Waals surface area contributed by atoms with Gasteiger partial charge in [-0.2, -0.15) is 0 Å². The predicted molar refractivity (Wildman–Crippen MR) is 73.5 cm³/mol. The van der Waals surface area contributed by atoms with Gasteiger partial charge in [-0.25, -0.2) is 4.68 Å². The van der Waals surface area contributed by atoms with Gasteiger partial charge in [-0.3, -0.25) is 0 Å². The third-order valence-electron chi connectivity index (χ3n) is 4.24. The second-order valence-electron chi connectivity index (χ2n) is 5.86. The minimum atomic E-state index is 0.429. The highest BCUT2D eigenvalue weighted by Crippen LogP contribution is 2.36. The molecule has 1 unspecified atom stereocenters. The number of aromatic nitrogens is 3. The molecule has 0 radical (unpaired) electrons. The van der Waals surface area contributed by atoms with Crippen molar-refractivity contribution in [2.45, 2.75) is 65.0 Å². The molecule has 1 heterocycles. The van der Waals surface area contributed by atoms with Gasteiger partial charge in [0, 0.05) is 12.5 Å². The third-order valence-corrected chi connectivity index (χ3v) is 4.24. The lowest BCUT2D eigenvalue weighted by Crippen LogP contribution is -2.18. The Bertz CT molecular complexity index is 377. The molecule has 4 heteroatoms. The van der Waals surface area contributed by atoms with Crippen molar-refractivity contribution in [2.75, 3.05) is 7.05 Å². The molecule has 0 saturated heterocycles. The summed E-state index contributed by atoms with van der Waals surface area (Å²) in [4.78, 5) is 0. The van der Waals surface area contributed by atoms with Crippen LogP contribution in [-0.4, -0.2) is 22.0 Å². The Labute approximate surface area is 110 Å². The maximum Gasteiger partial charge on any atom is 0.0999 e. The first-order valence-electron chi connectivity index (χ1n) is 7.23. The van der Waals surface area contributed by atoms with Crippen LogP contribution < -0.4 is 5.32 Å². The number of nitrogens with one attached hydrogen (secondary N) is 1. The van der Waals surface area contributed by atoms with E-state index in [1.54, 1.807) is 0 Å². The first-order valence-corrected chi connectivity index (χ1v) is 7.23. The summed E-state index contributed by atoms with van der Waals surface area (Å²) in [5.74, 6) is 1.26. The van der Waals surface area contributed by atoms with Crippen LogP contribution in [0.2, 0.25) is 0 Å². The summed E-state index contributed by atoms with van der Waals surface area (Å²) in [5.41, 5.74) is 2.54. The first-order chi connectivity index (χ1) is 8.65. The van der Waals surface area contributed by atoms with Crippen LogP contribution in [0.25, 0.3) is 0 Å². The van der Waals surface area contributed by atoms with E-state index in [1.165, 1.54) is 31.4 Å². The molecule has 1 N–H and O–H groups in total. The van der Waals surface area contributed by atoms with Crippen LogP contribution in [-0.2, 0) is 6.54 Å². The lowest BCUT2D eigenvalue weighted by atomic mass is 9.99. The van der Waals surface area contributed by atoms with E-state index < -0.39 is 0 Å². The molecule has 1 aromatic rings. The molecule has 0 spiro atoms. The minimum absolute atomic E-state index is 0.429. The normalized spacial score (nSPS) is 18.7. The van der Waals surface area contributed by atoms with Crippen LogP contribution >= 0.6 is 0 Å². The quantitative estimate of drug-likeness (QED) is 0.874. The Morgan fingerprint density at radius 3 is 2.50 bits per heavy atom. The van der Waals surface area contributed by atoms with Crippen LogP contribution in [0.3, 0.4) is 0 Å². The highest BCUT2D eigenvalue weighted by Gasteiger charge is 2.27. The molecule has 0 amide bonds. The van der Waals surface area contributed by atoms with Crippen molar-refractivity contribution < 1.29 is 0 Å². The van der Waals surface area contributed by atoms with Gasteiger partial charge in [-0.1, -0.05) is 31.9 Å². The molecule has 1 aliphatic rings. The fourth-order valence-electron chi connectivity index (χ4n) is 2.83. The van der Waals surface area contributed by atoms with E-state index in [0.717, 1.165) is 12.2 Å². The number of rotatable bonds is 5. The van der Waals surface area contributed by atoms with Crippen LogP contribution in [0.15, 0.2) is 0 Å². The summed E-state index contributed by atoms with van der Waals surface area (Å²) in [5, 5.41) is 12.0. The van der Waals surface area contributed by atoms with Gasteiger partial charge in [-0.05, 0) is 32.7 Å². The largest absolute Gasteiger partial charge is 0.314 e. The van der Waals surface area contributed by atoms with Gasteiger partial charge in [0.15, 0.2) is 0 Å². The lowest BCUT2D eigenvalue weighted by molar-refractivity contribution is 0.351. The summed E-state index contributed by atoms with van der Waals surface area (Å²) in [6.45, 7) is 7.59. The maximum absolute atomic E-state index is 4.43. The van der Waals surface area contributed by atoms with Gasteiger partial charge >= 0.3 is 0 Å². The fourth-order valence-corrected chi connectivity index (χ4v) is 2.83. The van der Waals surface area contributed by atoms with Crippen molar-refractivity contribution >= 4 is 0 Å². The van der Waals surface area contributed by atoms with Crippen molar-refractivity contribution in [1.29, 1.82) is 0 Å². The van der Waals surface area contributed by atoms with Crippen molar-refractivity contribution in [1.82, 2.24) is 20.3 Å². The summed E-state index contributed by atoms with van der Waals surface area (Å²) < 4.78 is 2.19. The maximum atomic E-state index is 4.43. The smallest absolute Gasteiger partial charge is 0.0999 e. The summed E-state index contributed by atoms with van der Waals surface area (Å²) >= 11 is 0. The van der Waals surface area contributed by atoms with Crippen molar-refractivity contribution in [3.63, 3.8) is 0 Å². The summed E-state index contributed by atoms with van der Waals surface area (Å²) in [7, 11) is 1.98. The molecule has 0 aromatic carbocycles. The second kappa shape index (κ2) is 5.83. The zero-order valence-corrected chi connectivity index (χ0v) is 12.1. The lowest BCUT2D eigenvalue weighted by Gasteiger charge is -2.21. The van der Waals surface area contributed by atoms with E-state index in [9.17, 15) is 0 Å². The molecule has 1 saturated carbocycles. The van der Waals surface area contributed by atoms with E-state index >= 15 is 0 Å². The molecule has 18 heavy (non-hydrogen) atoms. The molecule has 1 aliphatic carbocycles. The molecule has 4 nitrogen and oxygen atoms in total. The number of hydrogen-bond acceptors (Lipinski definition) is 3. The van der Waals surface area contributed by atoms with Gasteiger partial charge < -0.3 is 5.32 Å². The molecule has 1 atom stereocenters. The molecule has 0 aliphatic heterocycles. The zero-order chi connectivity index (χ0) is 13.1. The molecule has 1 fully saturated rings. The summed E-state index contributed by atoms with van der Waals surface area (Å²) in [6.07, 6.45) is 5.31. The molecule has 2 rings (SSSR count). The zero-order valence-electron chi connectivity index (χ0n) is 12.1. The SMILES string of the molecule is CNCc1nnn(C(C)C(C)C)c1C1CCCC1. The standard InChI is InChI=1S/C14H26N4/c1-10(2)11(3)18-14(12-7-5-6-8-12)13(9-15-4)16-17-18/h10-12,15H,5-9H2,1-4H3. The van der Waals surface area contributed by atoms with Gasteiger partial charge in [-0.15, -0.1) is 5.10 Å². The molecule has 0 bridgehead atoms. The fraction of sp³-hybridized carbons (Fsp3) is 0.857. The van der Waals surface area contributed by atoms with Gasteiger partial charge in [0.25, 0.3) is 0 Å². The Morgan fingerprint density at radius 2 is 1.94 bits per heavy atom. The number of hydrogen-bond donors (Lipinski definition) is 1. The van der Waals surface area contributed by atoms with E-state index in [0.29, 0.717) is 17.9 Å². The third kappa shape index (κ3) is 2.58. The van der Waals surface area contributed by atoms with Crippen LogP contribution in [0.5, 0.6) is 0 Å². The van der Waals surface area contributed by atoms with Gasteiger partial charge in [0.05, 0.1) is 17.4 Å². The van der Waals surface area contributed by atoms with E-state index in [4.69, 9.17) is 0 Å². The average Bonchev–Trinajstić information content (AvgIpc) is 2.96. The number of nitrogens with zero attached hydrogens (tertiary/aromatic N) is 3. The van der Waals surface area contributed by atoms with Gasteiger partial charge in [0.2, 0.25) is 0 Å². The first kappa shape index (κ1) is 13.5. The van der Waals surface area contributed by atoms with Crippen molar-refractivity contribution in [3.05, 3.63) is 11.4 Å². The predicted octanol–water partition coefficient (Wildman–Crippen LogP) is 2.87. The molecular weight excluding hydrogens is 224 g/mol. The van der Waals surface area contributed by atoms with E-state index in [1.807, 2.05) is 7.05 Å². The second-order valence-corrected chi connectivity index (χ2v) is 5.86. The Kier molecular flexibility index (Phi) is 4.38. The molecular formula is C14H26N4. The highest BCUT2D eigenvalue weighted by atomic mass is 15.4. The molecule has 102 valence electrons. The van der Waals surface area contributed by atoms with Crippen LogP contribution in [0, 0.1) is 5.92 Å². The Balaban J connectivity index is 2.33. The van der Waals surface area contributed by atoms with Crippen LogP contribution in [0.4, 0.5) is 0 Å². The van der Waals surface area contributed by atoms with E-state index in [2.05, 4.69) is 41.1 Å². The average molecular weight is 250 g/mol. The molecule has 1 aromatic heterocycles. The van der Waals surface area contributed by atoms with E-state index in [-0.39, 0.29) is 0 Å². The Hall–Kier alpha value is -0.900. The topological polar surface area (TPSA) is 42.7 Å².